The average Bonchev–Trinajstić information content (AvgIpc) is 2.60. The second-order valence-electron chi connectivity index (χ2n) is 3.48. The van der Waals surface area contributed by atoms with E-state index in [9.17, 15) is 5.11 Å². The van der Waals surface area contributed by atoms with Gasteiger partial charge in [0.1, 0.15) is 0 Å². The van der Waals surface area contributed by atoms with Crippen LogP contribution >= 0.6 is 0 Å². The third-order valence-electron chi connectivity index (χ3n) is 2.60. The quantitative estimate of drug-likeness (QED) is 0.685. The number of hydrogen-bond acceptors (Lipinski definition) is 3. The van der Waals surface area contributed by atoms with E-state index in [0.29, 0.717) is 0 Å². The molecular weight excluding hydrogens is 166 g/mol. The van der Waals surface area contributed by atoms with Crippen molar-refractivity contribution < 1.29 is 5.11 Å². The zero-order valence-electron chi connectivity index (χ0n) is 7.61. The number of nitrogens with two attached hydrogens (primary N) is 1. The maximum Gasteiger partial charge on any atom is 0.0945 e. The molecule has 2 heterocycles. The summed E-state index contributed by atoms with van der Waals surface area (Å²) in [5.74, 6) is 0. The molecule has 1 aromatic rings. The van der Waals surface area contributed by atoms with E-state index in [4.69, 9.17) is 5.73 Å². The molecule has 1 aromatic heterocycles. The molecule has 0 amide bonds. The molecule has 0 fully saturated rings. The van der Waals surface area contributed by atoms with Gasteiger partial charge < -0.3 is 10.8 Å². The van der Waals surface area contributed by atoms with Crippen molar-refractivity contribution in [1.82, 2.24) is 9.78 Å². The van der Waals surface area contributed by atoms with Crippen molar-refractivity contribution in [3.63, 3.8) is 0 Å². The molecule has 1 aliphatic rings. The molecule has 4 nitrogen and oxygen atoms in total. The smallest absolute Gasteiger partial charge is 0.0945 e. The summed E-state index contributed by atoms with van der Waals surface area (Å²) in [6, 6.07) is 0. The van der Waals surface area contributed by atoms with E-state index in [0.717, 1.165) is 18.5 Å². The summed E-state index contributed by atoms with van der Waals surface area (Å²) in [4.78, 5) is 0. The van der Waals surface area contributed by atoms with E-state index in [2.05, 4.69) is 5.10 Å². The molecular formula is C9H15N3O. The van der Waals surface area contributed by atoms with E-state index in [1.54, 1.807) is 6.20 Å². The van der Waals surface area contributed by atoms with Crippen molar-refractivity contribution in [2.75, 3.05) is 6.54 Å². The summed E-state index contributed by atoms with van der Waals surface area (Å²) in [5, 5.41) is 13.8. The van der Waals surface area contributed by atoms with Crippen LogP contribution in [0.15, 0.2) is 6.20 Å². The van der Waals surface area contributed by atoms with Crippen LogP contribution in [0.4, 0.5) is 0 Å². The van der Waals surface area contributed by atoms with Gasteiger partial charge in [0.05, 0.1) is 12.3 Å². The van der Waals surface area contributed by atoms with Crippen LogP contribution in [0.2, 0.25) is 0 Å². The molecule has 0 saturated carbocycles. The number of rotatable bonds is 2. The first kappa shape index (κ1) is 8.72. The molecule has 3 N–H and O–H groups in total. The van der Waals surface area contributed by atoms with E-state index in [-0.39, 0.29) is 6.54 Å². The van der Waals surface area contributed by atoms with Crippen LogP contribution in [-0.2, 0) is 13.0 Å². The number of fused-ring (bicyclic) bond motifs is 1. The number of aliphatic hydroxyl groups excluding tert-OH is 1. The second kappa shape index (κ2) is 3.47. The van der Waals surface area contributed by atoms with Crippen LogP contribution in [0.1, 0.15) is 30.2 Å². The number of nitrogens with zero attached hydrogens (tertiary/aromatic N) is 2. The number of aromatic nitrogens is 2. The van der Waals surface area contributed by atoms with E-state index in [1.807, 2.05) is 4.68 Å². The van der Waals surface area contributed by atoms with Crippen LogP contribution in [-0.4, -0.2) is 21.4 Å². The van der Waals surface area contributed by atoms with Gasteiger partial charge in [0.2, 0.25) is 0 Å². The summed E-state index contributed by atoms with van der Waals surface area (Å²) in [5.41, 5.74) is 7.50. The van der Waals surface area contributed by atoms with Gasteiger partial charge in [-0.05, 0) is 19.3 Å². The van der Waals surface area contributed by atoms with Gasteiger partial charge in [-0.1, -0.05) is 0 Å². The molecule has 0 spiro atoms. The minimum Gasteiger partial charge on any atom is -0.387 e. The lowest BCUT2D eigenvalue weighted by Crippen LogP contribution is -2.16. The number of aryl methyl sites for hydroxylation is 1. The van der Waals surface area contributed by atoms with Crippen LogP contribution in [0.25, 0.3) is 0 Å². The first-order chi connectivity index (χ1) is 6.33. The van der Waals surface area contributed by atoms with Crippen LogP contribution in [0.3, 0.4) is 0 Å². The van der Waals surface area contributed by atoms with Crippen molar-refractivity contribution in [2.45, 2.75) is 31.9 Å². The SMILES string of the molecule is NCC(O)c1cnn2c1CCCC2. The van der Waals surface area contributed by atoms with Crippen molar-refractivity contribution in [3.05, 3.63) is 17.5 Å². The summed E-state index contributed by atoms with van der Waals surface area (Å²) < 4.78 is 1.98. The van der Waals surface area contributed by atoms with Gasteiger partial charge in [0, 0.05) is 24.3 Å². The van der Waals surface area contributed by atoms with Gasteiger partial charge in [-0.3, -0.25) is 4.68 Å². The van der Waals surface area contributed by atoms with Crippen LogP contribution < -0.4 is 5.73 Å². The Morgan fingerprint density at radius 3 is 3.23 bits per heavy atom. The van der Waals surface area contributed by atoms with Crippen molar-refractivity contribution >= 4 is 0 Å². The van der Waals surface area contributed by atoms with E-state index in [1.165, 1.54) is 18.5 Å². The highest BCUT2D eigenvalue weighted by atomic mass is 16.3. The molecule has 2 rings (SSSR count). The molecule has 1 atom stereocenters. The van der Waals surface area contributed by atoms with Gasteiger partial charge in [-0.15, -0.1) is 0 Å². The molecule has 4 heteroatoms. The highest BCUT2D eigenvalue weighted by Crippen LogP contribution is 2.22. The summed E-state index contributed by atoms with van der Waals surface area (Å²) >= 11 is 0. The van der Waals surface area contributed by atoms with Gasteiger partial charge in [0.25, 0.3) is 0 Å². The highest BCUT2D eigenvalue weighted by Gasteiger charge is 2.18. The molecule has 72 valence electrons. The van der Waals surface area contributed by atoms with Gasteiger partial charge in [-0.2, -0.15) is 5.10 Å². The molecule has 0 bridgehead atoms. The highest BCUT2D eigenvalue weighted by molar-refractivity contribution is 5.22. The first-order valence-electron chi connectivity index (χ1n) is 4.75. The topological polar surface area (TPSA) is 64.1 Å². The van der Waals surface area contributed by atoms with Crippen molar-refractivity contribution in [2.24, 2.45) is 5.73 Å². The fraction of sp³-hybridized carbons (Fsp3) is 0.667. The fourth-order valence-electron chi connectivity index (χ4n) is 1.85. The second-order valence-corrected chi connectivity index (χ2v) is 3.48. The Hall–Kier alpha value is -0.870. The van der Waals surface area contributed by atoms with E-state index >= 15 is 0 Å². The zero-order chi connectivity index (χ0) is 9.26. The van der Waals surface area contributed by atoms with E-state index < -0.39 is 6.10 Å². The summed E-state index contributed by atoms with van der Waals surface area (Å²) in [6.07, 6.45) is 4.61. The lowest BCUT2D eigenvalue weighted by atomic mass is 10.0. The Labute approximate surface area is 77.4 Å². The average molecular weight is 181 g/mol. The largest absolute Gasteiger partial charge is 0.387 e. The van der Waals surface area contributed by atoms with Gasteiger partial charge in [0.15, 0.2) is 0 Å². The Kier molecular flexibility index (Phi) is 2.33. The molecule has 0 aliphatic carbocycles. The minimum absolute atomic E-state index is 0.276. The van der Waals surface area contributed by atoms with Gasteiger partial charge in [-0.25, -0.2) is 0 Å². The Morgan fingerprint density at radius 2 is 2.46 bits per heavy atom. The third kappa shape index (κ3) is 1.47. The Bertz CT molecular complexity index is 295. The van der Waals surface area contributed by atoms with Crippen LogP contribution in [0.5, 0.6) is 0 Å². The van der Waals surface area contributed by atoms with Crippen molar-refractivity contribution in [3.8, 4) is 0 Å². The minimum atomic E-state index is -0.540. The zero-order valence-corrected chi connectivity index (χ0v) is 7.61. The monoisotopic (exact) mass is 181 g/mol. The summed E-state index contributed by atoms with van der Waals surface area (Å²) in [7, 11) is 0. The van der Waals surface area contributed by atoms with Crippen molar-refractivity contribution in [1.29, 1.82) is 0 Å². The Balaban J connectivity index is 2.31. The molecule has 0 saturated heterocycles. The molecule has 1 aliphatic heterocycles. The van der Waals surface area contributed by atoms with Gasteiger partial charge >= 0.3 is 0 Å². The number of aliphatic hydroxyl groups is 1. The predicted octanol–water partition coefficient (Wildman–Crippen LogP) is 0.211. The first-order valence-corrected chi connectivity index (χ1v) is 4.75. The molecule has 0 radical (unpaired) electrons. The predicted molar refractivity (Wildman–Crippen MR) is 49.2 cm³/mol. The maximum atomic E-state index is 9.60. The lowest BCUT2D eigenvalue weighted by molar-refractivity contribution is 0.185. The lowest BCUT2D eigenvalue weighted by Gasteiger charge is -2.16. The third-order valence-corrected chi connectivity index (χ3v) is 2.60. The summed E-state index contributed by atoms with van der Waals surface area (Å²) in [6.45, 7) is 1.26. The fourth-order valence-corrected chi connectivity index (χ4v) is 1.85. The van der Waals surface area contributed by atoms with Crippen LogP contribution in [0, 0.1) is 0 Å². The molecule has 13 heavy (non-hydrogen) atoms. The Morgan fingerprint density at radius 1 is 1.62 bits per heavy atom. The normalized spacial score (nSPS) is 18.3. The molecule has 0 aromatic carbocycles. The molecule has 1 unspecified atom stereocenters. The standard InChI is InChI=1S/C9H15N3O/c10-5-9(13)7-6-11-12-4-2-1-3-8(7)12/h6,9,13H,1-5,10H2. The number of hydrogen-bond donors (Lipinski definition) is 2. The maximum absolute atomic E-state index is 9.60.